The average Bonchev–Trinajstić information content (AvgIpc) is 2.29. The average molecular weight is 371 g/mol. The van der Waals surface area contributed by atoms with Crippen molar-refractivity contribution in [3.8, 4) is 0 Å². The predicted molar refractivity (Wildman–Crippen MR) is 82.2 cm³/mol. The molecule has 2 N–H and O–H groups in total. The Balaban J connectivity index is 0.000000982. The maximum atomic E-state index is 5.06. The zero-order valence-electron chi connectivity index (χ0n) is 10.7. The van der Waals surface area contributed by atoms with Gasteiger partial charge in [-0.3, -0.25) is 10.4 Å². The van der Waals surface area contributed by atoms with Crippen LogP contribution in [0.1, 0.15) is 26.5 Å². The summed E-state index contributed by atoms with van der Waals surface area (Å²) >= 11 is 5.82. The van der Waals surface area contributed by atoms with Crippen LogP contribution in [0.15, 0.2) is 29.5 Å². The topological polar surface area (TPSA) is 49.3 Å². The van der Waals surface area contributed by atoms with Gasteiger partial charge in [0.1, 0.15) is 0 Å². The van der Waals surface area contributed by atoms with E-state index < -0.39 is 0 Å². The van der Waals surface area contributed by atoms with E-state index in [9.17, 15) is 0 Å². The molecule has 0 aliphatic heterocycles. The van der Waals surface area contributed by atoms with Crippen LogP contribution in [-0.2, 0) is 13.1 Å². The van der Waals surface area contributed by atoms with E-state index in [-0.39, 0.29) is 5.54 Å². The van der Waals surface area contributed by atoms with Gasteiger partial charge in [0.2, 0.25) is 0 Å². The van der Waals surface area contributed by atoms with Gasteiger partial charge < -0.3 is 5.32 Å². The van der Waals surface area contributed by atoms with Crippen LogP contribution in [0.5, 0.6) is 0 Å². The fourth-order valence-electron chi connectivity index (χ4n) is 0.978. The Hall–Kier alpha value is -0.391. The van der Waals surface area contributed by atoms with Crippen LogP contribution in [0, 0.1) is 0 Å². The quantitative estimate of drug-likeness (QED) is 0.363. The van der Waals surface area contributed by atoms with Gasteiger partial charge in [-0.25, -0.2) is 0 Å². The summed E-state index contributed by atoms with van der Waals surface area (Å²) in [6, 6.07) is 5.63. The molecule has 4 nitrogen and oxygen atoms in total. The van der Waals surface area contributed by atoms with Gasteiger partial charge in [-0.1, -0.05) is 6.07 Å². The molecule has 1 heterocycles. The first-order valence-electron chi connectivity index (χ1n) is 5.22. The van der Waals surface area contributed by atoms with Crippen molar-refractivity contribution in [3.05, 3.63) is 30.1 Å². The van der Waals surface area contributed by atoms with E-state index >= 15 is 0 Å². The van der Waals surface area contributed by atoms with Crippen molar-refractivity contribution in [3.63, 3.8) is 0 Å². The molecule has 0 aliphatic rings. The van der Waals surface area contributed by atoms with E-state index in [2.05, 4.69) is 41.0 Å². The molecule has 0 amide bonds. The number of hydrogen-bond acceptors (Lipinski definition) is 3. The second-order valence-electron chi connectivity index (χ2n) is 4.37. The Morgan fingerprint density at radius 2 is 2.05 bits per heavy atom. The summed E-state index contributed by atoms with van der Waals surface area (Å²) in [4.78, 5) is 4.10. The molecule has 8 heteroatoms. The number of nitrogens with zero attached hydrogens (tertiary/aromatic N) is 2. The summed E-state index contributed by atoms with van der Waals surface area (Å²) in [6.45, 7) is 6.09. The fourth-order valence-corrected chi connectivity index (χ4v) is 1.34. The van der Waals surface area contributed by atoms with E-state index in [0.717, 1.165) is 18.8 Å². The van der Waals surface area contributed by atoms with Gasteiger partial charge in [0.05, 0.1) is 11.9 Å². The molecule has 0 unspecified atom stereocenters. The van der Waals surface area contributed by atoms with Gasteiger partial charge in [-0.05, 0) is 45.1 Å². The third kappa shape index (κ3) is 12.4. The van der Waals surface area contributed by atoms with Crippen molar-refractivity contribution in [2.75, 3.05) is 0 Å². The van der Waals surface area contributed by atoms with Gasteiger partial charge in [0, 0.05) is 11.7 Å². The Morgan fingerprint density at radius 1 is 1.42 bits per heavy atom. The number of halogens is 2. The molecule has 0 fully saturated rings. The van der Waals surface area contributed by atoms with E-state index in [1.807, 2.05) is 39.0 Å². The zero-order valence-corrected chi connectivity index (χ0v) is 14.0. The van der Waals surface area contributed by atoms with Crippen LogP contribution in [-0.4, -0.2) is 21.8 Å². The van der Waals surface area contributed by atoms with Crippen LogP contribution in [0.3, 0.4) is 0 Å². The van der Waals surface area contributed by atoms with Gasteiger partial charge >= 0.3 is 33.3 Å². The normalized spacial score (nSPS) is 10.8. The van der Waals surface area contributed by atoms with Gasteiger partial charge in [0.25, 0.3) is 0 Å². The molecule has 0 radical (unpaired) electrons. The van der Waals surface area contributed by atoms with Crippen molar-refractivity contribution in [2.45, 2.75) is 26.3 Å². The first-order chi connectivity index (χ1) is 8.89. The fraction of sp³-hybridized carbons (Fsp3) is 0.364. The molecule has 19 heavy (non-hydrogen) atoms. The van der Waals surface area contributed by atoms with Crippen LogP contribution in [0.2, 0.25) is 0 Å². The van der Waals surface area contributed by atoms with Crippen LogP contribution in [0.25, 0.3) is 0 Å². The second-order valence-corrected chi connectivity index (χ2v) is 6.34. The number of hydrogen-bond donors (Lipinski definition) is 2. The second kappa shape index (κ2) is 10.4. The summed E-state index contributed by atoms with van der Waals surface area (Å²) in [5.41, 5.74) is 3.46. The van der Waals surface area contributed by atoms with Crippen LogP contribution < -0.4 is 10.7 Å². The molecule has 0 aromatic carbocycles. The predicted octanol–water partition coefficient (Wildman–Crippen LogP) is 3.05. The number of nitrogens with one attached hydrogen (secondary N) is 2. The summed E-state index contributed by atoms with van der Waals surface area (Å²) in [5.74, 6) is 0. The summed E-state index contributed by atoms with van der Waals surface area (Å²) < 4.78 is 0. The molecule has 1 aromatic heterocycles. The Kier molecular flexibility index (Phi) is 10.2. The molecular weight excluding hydrogens is 355 g/mol. The van der Waals surface area contributed by atoms with Gasteiger partial charge in [-0.15, -0.1) is 0 Å². The molecule has 0 aliphatic carbocycles. The molecule has 111 valence electrons. The Bertz CT molecular complexity index is 395. The molecule has 1 aromatic rings. The number of hydrazone groups is 1. The van der Waals surface area contributed by atoms with Crippen molar-refractivity contribution in [2.24, 2.45) is 5.10 Å². The number of aromatic nitrogens is 1. The first kappa shape index (κ1) is 18.6. The maximum absolute atomic E-state index is 5.06. The first-order valence-corrected chi connectivity index (χ1v) is 8.22. The van der Waals surface area contributed by atoms with Gasteiger partial charge in [0.15, 0.2) is 5.11 Å². The van der Waals surface area contributed by atoms with Crippen LogP contribution in [0.4, 0.5) is 0 Å². The SMILES string of the molecule is CC(C)(C)NC(=S)N/N=C/c1ccccn1.[Cl][Cu][Cl]. The summed E-state index contributed by atoms with van der Waals surface area (Å²) in [6.07, 6.45) is 3.34. The van der Waals surface area contributed by atoms with E-state index in [1.54, 1.807) is 12.4 Å². The molecule has 0 bridgehead atoms. The Morgan fingerprint density at radius 3 is 2.53 bits per heavy atom. The van der Waals surface area contributed by atoms with Crippen molar-refractivity contribution in [1.82, 2.24) is 15.7 Å². The minimum atomic E-state index is -0.0649. The molecule has 0 spiro atoms. The number of thiocarbonyl (C=S) groups is 1. The van der Waals surface area contributed by atoms with Crippen molar-refractivity contribution in [1.29, 1.82) is 0 Å². The number of pyridine rings is 1. The molecular formula is C11H16Cl2CuN4S. The molecule has 1 rings (SSSR count). The standard InChI is InChI=1S/C11H16N4S.2ClH.Cu/c1-11(2,3)14-10(16)15-13-8-9-6-4-5-7-12-9;;;/h4-8H,1-3H3,(H2,14,15,16);2*1H;/q;;;+2/p-2/b13-8+;;;. The summed E-state index contributed by atoms with van der Waals surface area (Å²) in [7, 11) is 9.34. The van der Waals surface area contributed by atoms with E-state index in [4.69, 9.17) is 12.2 Å². The molecule has 0 atom stereocenters. The third-order valence-corrected chi connectivity index (χ3v) is 1.73. The van der Waals surface area contributed by atoms with Crippen molar-refractivity contribution >= 4 is 43.7 Å². The third-order valence-electron chi connectivity index (χ3n) is 1.54. The monoisotopic (exact) mass is 369 g/mol. The number of rotatable bonds is 2. The zero-order chi connectivity index (χ0) is 14.7. The van der Waals surface area contributed by atoms with Crippen LogP contribution >= 0.6 is 32.4 Å². The Labute approximate surface area is 134 Å². The van der Waals surface area contributed by atoms with E-state index in [0.29, 0.717) is 5.11 Å². The molecule has 0 saturated heterocycles. The summed E-state index contributed by atoms with van der Waals surface area (Å²) in [5, 5.41) is 7.58. The minimum absolute atomic E-state index is 0.0649. The molecule has 0 saturated carbocycles. The van der Waals surface area contributed by atoms with E-state index in [1.165, 1.54) is 0 Å². The van der Waals surface area contributed by atoms with Gasteiger partial charge in [-0.2, -0.15) is 5.10 Å². The van der Waals surface area contributed by atoms with Crippen molar-refractivity contribution < 1.29 is 13.1 Å².